The van der Waals surface area contributed by atoms with Gasteiger partial charge in [0, 0.05) is 18.0 Å². The fourth-order valence-corrected chi connectivity index (χ4v) is 3.10. The van der Waals surface area contributed by atoms with Gasteiger partial charge in [-0.1, -0.05) is 42.0 Å². The number of nitrogens with zero attached hydrogens (tertiary/aromatic N) is 3. The molecule has 0 saturated heterocycles. The van der Waals surface area contributed by atoms with E-state index in [1.807, 2.05) is 36.4 Å². The Bertz CT molecular complexity index is 1140. The number of rotatable bonds is 7. The van der Waals surface area contributed by atoms with Crippen LogP contribution >= 0.6 is 12.2 Å². The minimum absolute atomic E-state index is 0.503. The van der Waals surface area contributed by atoms with E-state index in [4.69, 9.17) is 17.0 Å². The van der Waals surface area contributed by atoms with Crippen LogP contribution in [0.15, 0.2) is 73.1 Å². The highest BCUT2D eigenvalue weighted by molar-refractivity contribution is 7.71. The number of hydrogen-bond acceptors (Lipinski definition) is 5. The summed E-state index contributed by atoms with van der Waals surface area (Å²) in [6.45, 7) is 3.19. The number of H-pyrrole nitrogens is 1. The van der Waals surface area contributed by atoms with E-state index >= 15 is 0 Å². The zero-order chi connectivity index (χ0) is 20.1. The molecule has 2 aromatic heterocycles. The Labute approximate surface area is 174 Å². The molecule has 4 rings (SSSR count). The number of benzene rings is 2. The molecule has 7 heteroatoms. The normalized spacial score (nSPS) is 10.7. The van der Waals surface area contributed by atoms with Crippen LogP contribution in [0.4, 0.5) is 0 Å². The third-order valence-electron chi connectivity index (χ3n) is 4.48. The number of ether oxygens (including phenoxy) is 1. The summed E-state index contributed by atoms with van der Waals surface area (Å²) in [6.07, 6.45) is 3.46. The summed E-state index contributed by atoms with van der Waals surface area (Å²) in [5.41, 5.74) is 7.72. The van der Waals surface area contributed by atoms with Gasteiger partial charge in [-0.2, -0.15) is 5.10 Å². The average Bonchev–Trinajstić information content (AvgIpc) is 3.13. The summed E-state index contributed by atoms with van der Waals surface area (Å²) in [7, 11) is 0. The molecule has 2 N–H and O–H groups in total. The second-order valence-corrected chi connectivity index (χ2v) is 7.07. The van der Waals surface area contributed by atoms with Crippen LogP contribution in [0.25, 0.3) is 11.4 Å². The largest absolute Gasteiger partial charge is 0.489 e. The smallest absolute Gasteiger partial charge is 0.214 e. The monoisotopic (exact) mass is 403 g/mol. The van der Waals surface area contributed by atoms with Crippen molar-refractivity contribution < 1.29 is 4.74 Å². The highest BCUT2D eigenvalue weighted by atomic mass is 32.1. The first-order valence-electron chi connectivity index (χ1n) is 9.28. The molecule has 2 aromatic carbocycles. The van der Waals surface area contributed by atoms with Gasteiger partial charge in [0.1, 0.15) is 12.4 Å². The van der Waals surface area contributed by atoms with Crippen molar-refractivity contribution in [3.63, 3.8) is 0 Å². The van der Waals surface area contributed by atoms with Gasteiger partial charge < -0.3 is 10.2 Å². The lowest BCUT2D eigenvalue weighted by atomic mass is 10.2. The van der Waals surface area contributed by atoms with E-state index in [2.05, 4.69) is 51.8 Å². The first kappa shape index (κ1) is 18.9. The van der Waals surface area contributed by atoms with Crippen LogP contribution in [0.1, 0.15) is 16.7 Å². The van der Waals surface area contributed by atoms with Crippen molar-refractivity contribution in [2.45, 2.75) is 20.1 Å². The first-order chi connectivity index (χ1) is 14.2. The quantitative estimate of drug-likeness (QED) is 0.440. The van der Waals surface area contributed by atoms with Gasteiger partial charge in [0.15, 0.2) is 5.82 Å². The highest BCUT2D eigenvalue weighted by Crippen LogP contribution is 2.17. The molecule has 0 bridgehead atoms. The third kappa shape index (κ3) is 4.70. The van der Waals surface area contributed by atoms with E-state index in [0.29, 0.717) is 23.7 Å². The number of aryl methyl sites for hydroxylation is 1. The van der Waals surface area contributed by atoms with Crippen LogP contribution < -0.4 is 10.2 Å². The Kier molecular flexibility index (Phi) is 5.67. The Balaban J connectivity index is 1.43. The summed E-state index contributed by atoms with van der Waals surface area (Å²) >= 11 is 5.36. The summed E-state index contributed by atoms with van der Waals surface area (Å²) < 4.78 is 8.22. The van der Waals surface area contributed by atoms with E-state index in [1.165, 1.54) is 5.56 Å². The molecule has 0 fully saturated rings. The van der Waals surface area contributed by atoms with Gasteiger partial charge in [-0.25, -0.2) is 9.77 Å². The maximum absolute atomic E-state index is 5.95. The van der Waals surface area contributed by atoms with E-state index in [9.17, 15) is 0 Å². The average molecular weight is 404 g/mol. The van der Waals surface area contributed by atoms with Crippen molar-refractivity contribution >= 4 is 12.2 Å². The predicted molar refractivity (Wildman–Crippen MR) is 116 cm³/mol. The van der Waals surface area contributed by atoms with Crippen molar-refractivity contribution in [2.75, 3.05) is 5.43 Å². The van der Waals surface area contributed by atoms with Crippen molar-refractivity contribution in [2.24, 2.45) is 0 Å². The molecule has 0 unspecified atom stereocenters. The lowest BCUT2D eigenvalue weighted by Crippen LogP contribution is -2.16. The molecule has 0 amide bonds. The highest BCUT2D eigenvalue weighted by Gasteiger charge is 2.08. The van der Waals surface area contributed by atoms with Crippen molar-refractivity contribution in [1.82, 2.24) is 19.9 Å². The lowest BCUT2D eigenvalue weighted by Gasteiger charge is -2.12. The van der Waals surface area contributed by atoms with Crippen molar-refractivity contribution in [3.05, 3.63) is 94.5 Å². The zero-order valence-corrected chi connectivity index (χ0v) is 16.8. The van der Waals surface area contributed by atoms with Gasteiger partial charge in [0.25, 0.3) is 0 Å². The third-order valence-corrected chi connectivity index (χ3v) is 4.75. The number of hydrogen-bond donors (Lipinski definition) is 2. The van der Waals surface area contributed by atoms with Crippen LogP contribution in [-0.4, -0.2) is 19.9 Å². The lowest BCUT2D eigenvalue weighted by molar-refractivity contribution is 0.306. The SMILES string of the molecule is Cc1ccc(COc2cccc(CNn3c(-c4ccncc4)n[nH]c3=S)c2)cc1. The molecule has 0 aliphatic carbocycles. The molecule has 6 nitrogen and oxygen atoms in total. The minimum Gasteiger partial charge on any atom is -0.489 e. The van der Waals surface area contributed by atoms with Crippen LogP contribution in [0.5, 0.6) is 5.75 Å². The van der Waals surface area contributed by atoms with Crippen LogP contribution in [0.3, 0.4) is 0 Å². The zero-order valence-electron chi connectivity index (χ0n) is 16.0. The topological polar surface area (TPSA) is 67.8 Å². The molecular weight excluding hydrogens is 382 g/mol. The minimum atomic E-state index is 0.503. The maximum Gasteiger partial charge on any atom is 0.214 e. The number of aromatic nitrogens is 4. The summed E-state index contributed by atoms with van der Waals surface area (Å²) in [5, 5.41) is 7.15. The van der Waals surface area contributed by atoms with Gasteiger partial charge in [-0.15, -0.1) is 0 Å². The van der Waals surface area contributed by atoms with Crippen molar-refractivity contribution in [3.8, 4) is 17.1 Å². The molecule has 0 atom stereocenters. The standard InChI is InChI=1S/C22H21N5OS/c1-16-5-7-17(8-6-16)15-28-20-4-2-3-18(13-20)14-24-27-21(25-26-22(27)29)19-9-11-23-12-10-19/h2-13,24H,14-15H2,1H3,(H,26,29). The molecule has 146 valence electrons. The van der Waals surface area contributed by atoms with E-state index in [0.717, 1.165) is 22.4 Å². The van der Waals surface area contributed by atoms with Crippen molar-refractivity contribution in [1.29, 1.82) is 0 Å². The molecule has 4 aromatic rings. The predicted octanol–water partition coefficient (Wildman–Crippen LogP) is 4.63. The summed E-state index contributed by atoms with van der Waals surface area (Å²) in [5.74, 6) is 1.54. The molecule has 0 aliphatic heterocycles. The molecule has 0 aliphatic rings. The Morgan fingerprint density at radius 2 is 1.83 bits per heavy atom. The van der Waals surface area contributed by atoms with Gasteiger partial charge in [0.05, 0.1) is 6.54 Å². The second-order valence-electron chi connectivity index (χ2n) is 6.68. The van der Waals surface area contributed by atoms with E-state index < -0.39 is 0 Å². The van der Waals surface area contributed by atoms with Gasteiger partial charge in [0.2, 0.25) is 4.77 Å². The number of aromatic amines is 1. The Morgan fingerprint density at radius 3 is 2.62 bits per heavy atom. The second kappa shape index (κ2) is 8.70. The van der Waals surface area contributed by atoms with E-state index in [-0.39, 0.29) is 0 Å². The van der Waals surface area contributed by atoms with Gasteiger partial charge in [-0.05, 0) is 54.5 Å². The molecule has 29 heavy (non-hydrogen) atoms. The van der Waals surface area contributed by atoms with Gasteiger partial charge in [-0.3, -0.25) is 4.98 Å². The molecule has 0 radical (unpaired) electrons. The number of nitrogens with one attached hydrogen (secondary N) is 2. The number of pyridine rings is 1. The summed E-state index contributed by atoms with van der Waals surface area (Å²) in [4.78, 5) is 4.05. The molecule has 0 spiro atoms. The maximum atomic E-state index is 5.95. The van der Waals surface area contributed by atoms with E-state index in [1.54, 1.807) is 17.1 Å². The fraction of sp³-hybridized carbons (Fsp3) is 0.136. The van der Waals surface area contributed by atoms with Crippen LogP contribution in [0, 0.1) is 11.7 Å². The molecule has 2 heterocycles. The first-order valence-corrected chi connectivity index (χ1v) is 9.69. The molecular formula is C22H21N5OS. The Morgan fingerprint density at radius 1 is 1.03 bits per heavy atom. The Hall–Kier alpha value is -3.45. The molecule has 0 saturated carbocycles. The van der Waals surface area contributed by atoms with Gasteiger partial charge >= 0.3 is 0 Å². The summed E-state index contributed by atoms with van der Waals surface area (Å²) in [6, 6.07) is 20.2. The fourth-order valence-electron chi connectivity index (χ4n) is 2.90. The van der Waals surface area contributed by atoms with Crippen LogP contribution in [-0.2, 0) is 13.2 Å². The van der Waals surface area contributed by atoms with Crippen LogP contribution in [0.2, 0.25) is 0 Å².